The highest BCUT2D eigenvalue weighted by atomic mass is 16.2. The van der Waals surface area contributed by atoms with E-state index in [1.165, 1.54) is 0 Å². The maximum absolute atomic E-state index is 12.0. The number of amides is 1. The van der Waals surface area contributed by atoms with Gasteiger partial charge in [-0.05, 0) is 33.7 Å². The molecule has 5 heteroatoms. The van der Waals surface area contributed by atoms with Gasteiger partial charge in [0.1, 0.15) is 0 Å². The van der Waals surface area contributed by atoms with E-state index in [2.05, 4.69) is 30.6 Å². The Morgan fingerprint density at radius 2 is 1.80 bits per heavy atom. The van der Waals surface area contributed by atoms with E-state index in [0.29, 0.717) is 13.0 Å². The Hall–Kier alpha value is -0.650. The third-order valence-corrected chi connectivity index (χ3v) is 4.09. The zero-order valence-corrected chi connectivity index (χ0v) is 13.7. The number of nitrogens with zero attached hydrogens (tertiary/aromatic N) is 3. The molecule has 1 fully saturated rings. The second kappa shape index (κ2) is 7.96. The molecule has 2 N–H and O–H groups in total. The van der Waals surface area contributed by atoms with E-state index in [9.17, 15) is 4.79 Å². The van der Waals surface area contributed by atoms with Crippen LogP contribution in [0, 0.1) is 0 Å². The van der Waals surface area contributed by atoms with Crippen LogP contribution in [-0.4, -0.2) is 79.0 Å². The molecule has 0 spiro atoms. The van der Waals surface area contributed by atoms with Crippen molar-refractivity contribution >= 4 is 5.91 Å². The summed E-state index contributed by atoms with van der Waals surface area (Å²) >= 11 is 0. The summed E-state index contributed by atoms with van der Waals surface area (Å²) in [5, 5.41) is 0. The number of piperazine rings is 1. The van der Waals surface area contributed by atoms with Gasteiger partial charge in [-0.3, -0.25) is 9.69 Å². The standard InChI is InChI=1S/C15H32N4O/c1-15(2,3)19-12-10-18(11-13-19)9-6-14(20)17(4)8-5-7-16/h5-13,16H2,1-4H3. The maximum Gasteiger partial charge on any atom is 0.223 e. The van der Waals surface area contributed by atoms with Crippen LogP contribution in [-0.2, 0) is 4.79 Å². The fraction of sp³-hybridized carbons (Fsp3) is 0.933. The van der Waals surface area contributed by atoms with Gasteiger partial charge in [0.15, 0.2) is 0 Å². The third kappa shape index (κ3) is 5.77. The van der Waals surface area contributed by atoms with Crippen molar-refractivity contribution < 1.29 is 4.79 Å². The van der Waals surface area contributed by atoms with E-state index < -0.39 is 0 Å². The first-order chi connectivity index (χ1) is 9.34. The minimum Gasteiger partial charge on any atom is -0.346 e. The van der Waals surface area contributed by atoms with Crippen molar-refractivity contribution in [3.05, 3.63) is 0 Å². The normalized spacial score (nSPS) is 18.2. The minimum absolute atomic E-state index is 0.233. The molecule has 0 aromatic carbocycles. The molecule has 1 saturated heterocycles. The van der Waals surface area contributed by atoms with Crippen LogP contribution in [0.5, 0.6) is 0 Å². The Morgan fingerprint density at radius 3 is 2.30 bits per heavy atom. The second-order valence-corrected chi connectivity index (χ2v) is 6.71. The predicted molar refractivity (Wildman–Crippen MR) is 83.7 cm³/mol. The highest BCUT2D eigenvalue weighted by Gasteiger charge is 2.25. The molecule has 0 unspecified atom stereocenters. The molecule has 0 aromatic rings. The first kappa shape index (κ1) is 17.4. The largest absolute Gasteiger partial charge is 0.346 e. The monoisotopic (exact) mass is 284 g/mol. The van der Waals surface area contributed by atoms with Crippen LogP contribution in [0.15, 0.2) is 0 Å². The summed E-state index contributed by atoms with van der Waals surface area (Å²) in [7, 11) is 1.87. The summed E-state index contributed by atoms with van der Waals surface area (Å²) < 4.78 is 0. The molecule has 1 amide bonds. The zero-order valence-electron chi connectivity index (χ0n) is 13.7. The Balaban J connectivity index is 2.22. The van der Waals surface area contributed by atoms with Crippen LogP contribution in [0.1, 0.15) is 33.6 Å². The molecule has 0 aliphatic carbocycles. The molecule has 0 aromatic heterocycles. The van der Waals surface area contributed by atoms with E-state index in [0.717, 1.165) is 45.7 Å². The molecule has 0 radical (unpaired) electrons. The summed E-state index contributed by atoms with van der Waals surface area (Å²) in [4.78, 5) is 18.7. The summed E-state index contributed by atoms with van der Waals surface area (Å²) in [6.07, 6.45) is 1.50. The van der Waals surface area contributed by atoms with Crippen LogP contribution < -0.4 is 5.73 Å². The Labute approximate surface area is 124 Å². The van der Waals surface area contributed by atoms with Crippen molar-refractivity contribution in [1.29, 1.82) is 0 Å². The summed E-state index contributed by atoms with van der Waals surface area (Å²) in [5.74, 6) is 0.233. The molecule has 1 aliphatic rings. The van der Waals surface area contributed by atoms with Crippen molar-refractivity contribution in [2.75, 3.05) is 52.9 Å². The average Bonchev–Trinajstić information content (AvgIpc) is 2.41. The minimum atomic E-state index is 0.233. The average molecular weight is 284 g/mol. The first-order valence-electron chi connectivity index (χ1n) is 7.76. The molecule has 1 aliphatic heterocycles. The number of hydrogen-bond acceptors (Lipinski definition) is 4. The highest BCUT2D eigenvalue weighted by molar-refractivity contribution is 5.76. The number of rotatable bonds is 6. The van der Waals surface area contributed by atoms with Crippen LogP contribution in [0.25, 0.3) is 0 Å². The van der Waals surface area contributed by atoms with Gasteiger partial charge in [-0.15, -0.1) is 0 Å². The quantitative estimate of drug-likeness (QED) is 0.776. The number of nitrogens with two attached hydrogens (primary N) is 1. The lowest BCUT2D eigenvalue weighted by molar-refractivity contribution is -0.130. The lowest BCUT2D eigenvalue weighted by Gasteiger charge is -2.42. The Morgan fingerprint density at radius 1 is 1.20 bits per heavy atom. The van der Waals surface area contributed by atoms with Gasteiger partial charge in [-0.2, -0.15) is 0 Å². The van der Waals surface area contributed by atoms with Gasteiger partial charge in [0.05, 0.1) is 0 Å². The Kier molecular flexibility index (Phi) is 6.92. The molecular formula is C15H32N4O. The molecule has 118 valence electrons. The SMILES string of the molecule is CN(CCCN)C(=O)CCN1CCN(C(C)(C)C)CC1. The van der Waals surface area contributed by atoms with Gasteiger partial charge < -0.3 is 15.5 Å². The fourth-order valence-electron chi connectivity index (χ4n) is 2.54. The van der Waals surface area contributed by atoms with Gasteiger partial charge in [0.2, 0.25) is 5.91 Å². The molecular weight excluding hydrogens is 252 g/mol. The first-order valence-corrected chi connectivity index (χ1v) is 7.76. The molecule has 1 rings (SSSR count). The fourth-order valence-corrected chi connectivity index (χ4v) is 2.54. The molecule has 1 heterocycles. The van der Waals surface area contributed by atoms with Gasteiger partial charge in [0, 0.05) is 58.3 Å². The van der Waals surface area contributed by atoms with Crippen LogP contribution in [0.4, 0.5) is 0 Å². The van der Waals surface area contributed by atoms with E-state index in [4.69, 9.17) is 5.73 Å². The zero-order chi connectivity index (χ0) is 15.2. The van der Waals surface area contributed by atoms with Crippen molar-refractivity contribution in [3.8, 4) is 0 Å². The second-order valence-electron chi connectivity index (χ2n) is 6.71. The van der Waals surface area contributed by atoms with Crippen LogP contribution >= 0.6 is 0 Å². The summed E-state index contributed by atoms with van der Waals surface area (Å²) in [6.45, 7) is 13.4. The van der Waals surface area contributed by atoms with Crippen LogP contribution in [0.2, 0.25) is 0 Å². The van der Waals surface area contributed by atoms with Gasteiger partial charge in [-0.1, -0.05) is 0 Å². The summed E-state index contributed by atoms with van der Waals surface area (Å²) in [5.41, 5.74) is 5.72. The molecule has 0 atom stereocenters. The van der Waals surface area contributed by atoms with E-state index in [1.54, 1.807) is 4.90 Å². The third-order valence-electron chi connectivity index (χ3n) is 4.09. The Bertz CT molecular complexity index is 293. The van der Waals surface area contributed by atoms with Crippen molar-refractivity contribution in [2.24, 2.45) is 5.73 Å². The van der Waals surface area contributed by atoms with Crippen LogP contribution in [0.3, 0.4) is 0 Å². The number of hydrogen-bond donors (Lipinski definition) is 1. The van der Waals surface area contributed by atoms with Gasteiger partial charge in [0.25, 0.3) is 0 Å². The van der Waals surface area contributed by atoms with Crippen molar-refractivity contribution in [2.45, 2.75) is 39.2 Å². The topological polar surface area (TPSA) is 52.8 Å². The molecule has 5 nitrogen and oxygen atoms in total. The smallest absolute Gasteiger partial charge is 0.223 e. The predicted octanol–water partition coefficient (Wildman–Crippen LogP) is 0.600. The van der Waals surface area contributed by atoms with Gasteiger partial charge >= 0.3 is 0 Å². The van der Waals surface area contributed by atoms with Gasteiger partial charge in [-0.25, -0.2) is 0 Å². The maximum atomic E-state index is 12.0. The highest BCUT2D eigenvalue weighted by Crippen LogP contribution is 2.15. The lowest BCUT2D eigenvalue weighted by atomic mass is 10.0. The molecule has 0 bridgehead atoms. The van der Waals surface area contributed by atoms with E-state index >= 15 is 0 Å². The summed E-state index contributed by atoms with van der Waals surface area (Å²) in [6, 6.07) is 0. The van der Waals surface area contributed by atoms with Crippen molar-refractivity contribution in [3.63, 3.8) is 0 Å². The van der Waals surface area contributed by atoms with Crippen molar-refractivity contribution in [1.82, 2.24) is 14.7 Å². The number of carbonyl (C=O) groups excluding carboxylic acids is 1. The molecule has 20 heavy (non-hydrogen) atoms. The lowest BCUT2D eigenvalue weighted by Crippen LogP contribution is -2.53. The number of carbonyl (C=O) groups is 1. The van der Waals surface area contributed by atoms with E-state index in [-0.39, 0.29) is 11.4 Å². The molecule has 0 saturated carbocycles. The van der Waals surface area contributed by atoms with E-state index in [1.807, 2.05) is 7.05 Å².